The van der Waals surface area contributed by atoms with Gasteiger partial charge in [-0.1, -0.05) is 38.1 Å². The van der Waals surface area contributed by atoms with Crippen molar-refractivity contribution >= 4 is 11.6 Å². The molecule has 1 N–H and O–H groups in total. The SMILES string of the molecule is CC[C@@H](C)c1ccccc1NC(=O)c1ccc(C)c(C)c1. The topological polar surface area (TPSA) is 29.1 Å². The summed E-state index contributed by atoms with van der Waals surface area (Å²) in [7, 11) is 0. The van der Waals surface area contributed by atoms with Gasteiger partial charge < -0.3 is 5.32 Å². The van der Waals surface area contributed by atoms with Crippen molar-refractivity contribution in [3.05, 3.63) is 64.7 Å². The molecular formula is C19H23NO. The summed E-state index contributed by atoms with van der Waals surface area (Å²) in [5, 5.41) is 3.05. The van der Waals surface area contributed by atoms with Gasteiger partial charge in [0.15, 0.2) is 0 Å². The number of para-hydroxylation sites is 1. The maximum absolute atomic E-state index is 12.4. The summed E-state index contributed by atoms with van der Waals surface area (Å²) < 4.78 is 0. The van der Waals surface area contributed by atoms with Gasteiger partial charge in [-0.3, -0.25) is 4.79 Å². The molecule has 2 aromatic carbocycles. The van der Waals surface area contributed by atoms with Crippen molar-refractivity contribution in [2.24, 2.45) is 0 Å². The van der Waals surface area contributed by atoms with Gasteiger partial charge in [0.25, 0.3) is 5.91 Å². The number of hydrogen-bond donors (Lipinski definition) is 1. The smallest absolute Gasteiger partial charge is 0.255 e. The van der Waals surface area contributed by atoms with Gasteiger partial charge >= 0.3 is 0 Å². The van der Waals surface area contributed by atoms with Gasteiger partial charge in [0.1, 0.15) is 0 Å². The lowest BCUT2D eigenvalue weighted by Gasteiger charge is -2.16. The maximum atomic E-state index is 12.4. The highest BCUT2D eigenvalue weighted by atomic mass is 16.1. The molecule has 2 heteroatoms. The van der Waals surface area contributed by atoms with E-state index in [0.29, 0.717) is 11.5 Å². The minimum absolute atomic E-state index is 0.0474. The maximum Gasteiger partial charge on any atom is 0.255 e. The fourth-order valence-corrected chi connectivity index (χ4v) is 2.34. The molecule has 0 saturated heterocycles. The predicted molar refractivity (Wildman–Crippen MR) is 89.0 cm³/mol. The van der Waals surface area contributed by atoms with Gasteiger partial charge in [-0.25, -0.2) is 0 Å². The Balaban J connectivity index is 2.25. The third kappa shape index (κ3) is 3.52. The molecule has 0 bridgehead atoms. The number of nitrogens with one attached hydrogen (secondary N) is 1. The highest BCUT2D eigenvalue weighted by Crippen LogP contribution is 2.27. The van der Waals surface area contributed by atoms with Gasteiger partial charge in [0.2, 0.25) is 0 Å². The van der Waals surface area contributed by atoms with Gasteiger partial charge in [0, 0.05) is 11.3 Å². The fourth-order valence-electron chi connectivity index (χ4n) is 2.34. The summed E-state index contributed by atoms with van der Waals surface area (Å²) in [5.74, 6) is 0.384. The summed E-state index contributed by atoms with van der Waals surface area (Å²) in [6.45, 7) is 8.42. The Hall–Kier alpha value is -2.09. The molecule has 0 fully saturated rings. The average molecular weight is 281 g/mol. The van der Waals surface area contributed by atoms with Gasteiger partial charge in [-0.05, 0) is 61.1 Å². The number of amides is 1. The summed E-state index contributed by atoms with van der Waals surface area (Å²) in [6.07, 6.45) is 1.05. The highest BCUT2D eigenvalue weighted by Gasteiger charge is 2.12. The van der Waals surface area contributed by atoms with E-state index < -0.39 is 0 Å². The molecule has 21 heavy (non-hydrogen) atoms. The summed E-state index contributed by atoms with van der Waals surface area (Å²) >= 11 is 0. The molecule has 0 aliphatic heterocycles. The number of aryl methyl sites for hydroxylation is 2. The molecule has 2 rings (SSSR count). The van der Waals surface area contributed by atoms with Crippen LogP contribution in [0.4, 0.5) is 5.69 Å². The fraction of sp³-hybridized carbons (Fsp3) is 0.316. The standard InChI is InChI=1S/C19H23NO/c1-5-13(2)17-8-6-7-9-18(17)20-19(21)16-11-10-14(3)15(4)12-16/h6-13H,5H2,1-4H3,(H,20,21)/t13-/m1/s1. The minimum atomic E-state index is -0.0474. The zero-order chi connectivity index (χ0) is 15.4. The number of benzene rings is 2. The molecule has 0 aromatic heterocycles. The Kier molecular flexibility index (Phi) is 4.79. The van der Waals surface area contributed by atoms with Crippen molar-refractivity contribution in [1.82, 2.24) is 0 Å². The zero-order valence-corrected chi connectivity index (χ0v) is 13.2. The number of rotatable bonds is 4. The molecule has 2 nitrogen and oxygen atoms in total. The van der Waals surface area contributed by atoms with Crippen LogP contribution in [0.3, 0.4) is 0 Å². The molecule has 110 valence electrons. The largest absolute Gasteiger partial charge is 0.322 e. The van der Waals surface area contributed by atoms with Crippen LogP contribution in [0.2, 0.25) is 0 Å². The van der Waals surface area contributed by atoms with Gasteiger partial charge in [-0.2, -0.15) is 0 Å². The Morgan fingerprint density at radius 3 is 2.48 bits per heavy atom. The lowest BCUT2D eigenvalue weighted by Crippen LogP contribution is -2.14. The quantitative estimate of drug-likeness (QED) is 0.833. The van der Waals surface area contributed by atoms with E-state index in [9.17, 15) is 4.79 Å². The molecular weight excluding hydrogens is 258 g/mol. The van der Waals surface area contributed by atoms with Crippen molar-refractivity contribution < 1.29 is 4.79 Å². The highest BCUT2D eigenvalue weighted by molar-refractivity contribution is 6.04. The Labute approximate surface area is 127 Å². The number of anilines is 1. The second kappa shape index (κ2) is 6.57. The second-order valence-corrected chi connectivity index (χ2v) is 5.65. The summed E-state index contributed by atoms with van der Waals surface area (Å²) in [4.78, 5) is 12.4. The molecule has 0 aliphatic rings. The van der Waals surface area contributed by atoms with Crippen LogP contribution in [0.5, 0.6) is 0 Å². The van der Waals surface area contributed by atoms with Crippen molar-refractivity contribution in [3.8, 4) is 0 Å². The van der Waals surface area contributed by atoms with Crippen LogP contribution in [0, 0.1) is 13.8 Å². The first kappa shape index (κ1) is 15.3. The first-order chi connectivity index (χ1) is 10.0. The normalized spacial score (nSPS) is 12.0. The summed E-state index contributed by atoms with van der Waals surface area (Å²) in [6, 6.07) is 13.9. The number of carbonyl (C=O) groups is 1. The van der Waals surface area contributed by atoms with E-state index in [1.165, 1.54) is 11.1 Å². The Morgan fingerprint density at radius 1 is 1.10 bits per heavy atom. The van der Waals surface area contributed by atoms with Crippen molar-refractivity contribution in [2.75, 3.05) is 5.32 Å². The van der Waals surface area contributed by atoms with E-state index in [1.54, 1.807) is 0 Å². The van der Waals surface area contributed by atoms with Crippen LogP contribution in [-0.4, -0.2) is 5.91 Å². The van der Waals surface area contributed by atoms with Gasteiger partial charge in [-0.15, -0.1) is 0 Å². The van der Waals surface area contributed by atoms with Crippen molar-refractivity contribution in [3.63, 3.8) is 0 Å². The second-order valence-electron chi connectivity index (χ2n) is 5.65. The van der Waals surface area contributed by atoms with E-state index in [0.717, 1.165) is 17.7 Å². The molecule has 2 aromatic rings. The number of carbonyl (C=O) groups excluding carboxylic acids is 1. The van der Waals surface area contributed by atoms with E-state index in [2.05, 4.69) is 32.2 Å². The molecule has 0 radical (unpaired) electrons. The molecule has 0 saturated carbocycles. The average Bonchev–Trinajstić information content (AvgIpc) is 2.49. The van der Waals surface area contributed by atoms with Crippen LogP contribution in [0.1, 0.15) is 53.2 Å². The van der Waals surface area contributed by atoms with E-state index in [-0.39, 0.29) is 5.91 Å². The first-order valence-corrected chi connectivity index (χ1v) is 7.50. The van der Waals surface area contributed by atoms with Crippen molar-refractivity contribution in [1.29, 1.82) is 0 Å². The van der Waals surface area contributed by atoms with E-state index in [1.807, 2.05) is 43.3 Å². The monoisotopic (exact) mass is 281 g/mol. The Morgan fingerprint density at radius 2 is 1.81 bits per heavy atom. The molecule has 0 unspecified atom stereocenters. The molecule has 1 atom stereocenters. The number of hydrogen-bond acceptors (Lipinski definition) is 1. The van der Waals surface area contributed by atoms with E-state index in [4.69, 9.17) is 0 Å². The van der Waals surface area contributed by atoms with Crippen LogP contribution < -0.4 is 5.32 Å². The molecule has 0 spiro atoms. The summed E-state index contributed by atoms with van der Waals surface area (Å²) in [5.41, 5.74) is 5.15. The van der Waals surface area contributed by atoms with Crippen LogP contribution >= 0.6 is 0 Å². The molecule has 0 heterocycles. The van der Waals surface area contributed by atoms with Crippen molar-refractivity contribution in [2.45, 2.75) is 40.0 Å². The molecule has 1 amide bonds. The zero-order valence-electron chi connectivity index (χ0n) is 13.2. The van der Waals surface area contributed by atoms with Crippen LogP contribution in [0.15, 0.2) is 42.5 Å². The predicted octanol–water partition coefficient (Wildman–Crippen LogP) is 5.07. The van der Waals surface area contributed by atoms with Crippen LogP contribution in [-0.2, 0) is 0 Å². The Bertz CT molecular complexity index is 646. The van der Waals surface area contributed by atoms with Gasteiger partial charge in [0.05, 0.1) is 0 Å². The van der Waals surface area contributed by atoms with Crippen LogP contribution in [0.25, 0.3) is 0 Å². The lowest BCUT2D eigenvalue weighted by atomic mass is 9.96. The third-order valence-electron chi connectivity index (χ3n) is 4.12. The molecule has 0 aliphatic carbocycles. The minimum Gasteiger partial charge on any atom is -0.322 e. The first-order valence-electron chi connectivity index (χ1n) is 7.50. The third-order valence-corrected chi connectivity index (χ3v) is 4.12. The lowest BCUT2D eigenvalue weighted by molar-refractivity contribution is 0.102. The van der Waals surface area contributed by atoms with E-state index >= 15 is 0 Å².